The van der Waals surface area contributed by atoms with Crippen molar-refractivity contribution >= 4 is 17.5 Å². The molecule has 2 amide bonds. The minimum absolute atomic E-state index is 0.132. The van der Waals surface area contributed by atoms with Crippen molar-refractivity contribution in [3.05, 3.63) is 72.7 Å². The minimum atomic E-state index is -0.843. The number of carbonyl (C=O) groups excluding carboxylic acids is 2. The van der Waals surface area contributed by atoms with Crippen molar-refractivity contribution in [2.75, 3.05) is 0 Å². The van der Waals surface area contributed by atoms with E-state index in [1.165, 1.54) is 31.2 Å². The number of nitro groups is 1. The molecule has 1 unspecified atom stereocenters. The first-order chi connectivity index (χ1) is 12.8. The molecule has 0 saturated heterocycles. The second-order valence-electron chi connectivity index (χ2n) is 6.44. The first kappa shape index (κ1) is 18.3. The van der Waals surface area contributed by atoms with Crippen molar-refractivity contribution < 1.29 is 14.5 Å². The Kier molecular flexibility index (Phi) is 4.76. The van der Waals surface area contributed by atoms with Crippen molar-refractivity contribution in [3.63, 3.8) is 0 Å². The van der Waals surface area contributed by atoms with Gasteiger partial charge in [-0.15, -0.1) is 0 Å². The van der Waals surface area contributed by atoms with Crippen LogP contribution in [-0.4, -0.2) is 21.7 Å². The van der Waals surface area contributed by atoms with Gasteiger partial charge in [-0.25, -0.2) is 0 Å². The summed E-state index contributed by atoms with van der Waals surface area (Å²) in [5, 5.41) is 13.9. The monoisotopic (exact) mass is 370 g/mol. The Morgan fingerprint density at radius 3 is 2.74 bits per heavy atom. The van der Waals surface area contributed by atoms with Gasteiger partial charge in [0.1, 0.15) is 5.56 Å². The number of rotatable bonds is 4. The Hall–Kier alpha value is -3.49. The van der Waals surface area contributed by atoms with E-state index in [2.05, 4.69) is 10.3 Å². The average Bonchev–Trinajstić information content (AvgIpc) is 2.60. The van der Waals surface area contributed by atoms with Crippen molar-refractivity contribution in [1.82, 2.24) is 10.3 Å². The van der Waals surface area contributed by atoms with Crippen LogP contribution in [-0.2, 0) is 6.42 Å². The Labute approximate surface area is 153 Å². The van der Waals surface area contributed by atoms with E-state index >= 15 is 0 Å². The molecule has 0 aliphatic heterocycles. The highest BCUT2D eigenvalue weighted by molar-refractivity contribution is 5.97. The lowest BCUT2D eigenvalue weighted by Gasteiger charge is -2.26. The van der Waals surface area contributed by atoms with Crippen LogP contribution >= 0.6 is 0 Å². The van der Waals surface area contributed by atoms with Crippen LogP contribution in [0.3, 0.4) is 0 Å². The third-order valence-corrected chi connectivity index (χ3v) is 4.77. The average molecular weight is 370 g/mol. The molecule has 1 heterocycles. The van der Waals surface area contributed by atoms with Gasteiger partial charge >= 0.3 is 0 Å². The molecule has 9 nitrogen and oxygen atoms in total. The van der Waals surface area contributed by atoms with E-state index in [9.17, 15) is 24.5 Å². The standard InChI is InChI=1S/C18H18N4O5/c1-9-10(4-2-7-15(9)22(26)27)17(24)20-13-5-3-6-14-11(13)8-12(16(19)23)18(25)21-14/h2,4,7-8,13H,3,5-6H2,1H3,(H2,19,23)(H,20,24)(H,21,25). The number of pyridine rings is 1. The van der Waals surface area contributed by atoms with E-state index in [0.717, 1.165) is 6.42 Å². The highest BCUT2D eigenvalue weighted by atomic mass is 16.6. The summed E-state index contributed by atoms with van der Waals surface area (Å²) in [6.45, 7) is 1.52. The number of amides is 2. The maximum atomic E-state index is 12.7. The maximum absolute atomic E-state index is 12.7. The van der Waals surface area contributed by atoms with Gasteiger partial charge in [-0.3, -0.25) is 24.5 Å². The maximum Gasteiger partial charge on any atom is 0.273 e. The molecule has 4 N–H and O–H groups in total. The lowest BCUT2D eigenvalue weighted by molar-refractivity contribution is -0.385. The number of aromatic nitrogens is 1. The predicted octanol–water partition coefficient (Wildman–Crippen LogP) is 1.50. The number of nitrogens with two attached hydrogens (primary N) is 1. The summed E-state index contributed by atoms with van der Waals surface area (Å²) in [6.07, 6.45) is 1.96. The van der Waals surface area contributed by atoms with Gasteiger partial charge in [0.05, 0.1) is 11.0 Å². The number of nitrogens with one attached hydrogen (secondary N) is 2. The zero-order chi connectivity index (χ0) is 19.7. The molecule has 1 aliphatic rings. The number of carbonyl (C=O) groups is 2. The van der Waals surface area contributed by atoms with Gasteiger partial charge in [0, 0.05) is 22.9 Å². The fourth-order valence-electron chi connectivity index (χ4n) is 3.38. The van der Waals surface area contributed by atoms with Crippen molar-refractivity contribution in [2.45, 2.75) is 32.2 Å². The topological polar surface area (TPSA) is 148 Å². The quantitative estimate of drug-likeness (QED) is 0.551. The molecular weight excluding hydrogens is 352 g/mol. The molecule has 0 radical (unpaired) electrons. The van der Waals surface area contributed by atoms with Gasteiger partial charge < -0.3 is 16.0 Å². The molecule has 140 valence electrons. The van der Waals surface area contributed by atoms with Crippen molar-refractivity contribution in [1.29, 1.82) is 0 Å². The summed E-state index contributed by atoms with van der Waals surface area (Å²) < 4.78 is 0. The lowest BCUT2D eigenvalue weighted by atomic mass is 9.90. The highest BCUT2D eigenvalue weighted by Gasteiger charge is 2.26. The molecule has 0 bridgehead atoms. The molecule has 1 aromatic carbocycles. The van der Waals surface area contributed by atoms with Gasteiger partial charge in [-0.05, 0) is 43.9 Å². The zero-order valence-electron chi connectivity index (χ0n) is 14.6. The Balaban J connectivity index is 1.94. The number of nitrogens with zero attached hydrogens (tertiary/aromatic N) is 1. The highest BCUT2D eigenvalue weighted by Crippen LogP contribution is 2.29. The van der Waals surface area contributed by atoms with E-state index in [1.54, 1.807) is 0 Å². The van der Waals surface area contributed by atoms with Gasteiger partial charge in [0.2, 0.25) is 0 Å². The number of fused-ring (bicyclic) bond motifs is 1. The summed E-state index contributed by atoms with van der Waals surface area (Å²) in [5.74, 6) is -1.30. The summed E-state index contributed by atoms with van der Waals surface area (Å²) in [4.78, 5) is 49.3. The summed E-state index contributed by atoms with van der Waals surface area (Å²) in [6, 6.07) is 5.29. The number of hydrogen-bond acceptors (Lipinski definition) is 5. The number of H-pyrrole nitrogens is 1. The SMILES string of the molecule is Cc1c(C(=O)NC2CCCc3[nH]c(=O)c(C(N)=O)cc32)cccc1[N+](=O)[O-]. The molecule has 1 aliphatic carbocycles. The Bertz CT molecular complexity index is 1010. The van der Waals surface area contributed by atoms with Gasteiger partial charge in [0.25, 0.3) is 23.1 Å². The Morgan fingerprint density at radius 2 is 2.07 bits per heavy atom. The van der Waals surface area contributed by atoms with Crippen LogP contribution in [0.4, 0.5) is 5.69 Å². The molecule has 27 heavy (non-hydrogen) atoms. The smallest absolute Gasteiger partial charge is 0.273 e. The molecule has 1 atom stereocenters. The third kappa shape index (κ3) is 3.43. The molecule has 3 rings (SSSR count). The largest absolute Gasteiger partial charge is 0.365 e. The zero-order valence-corrected chi connectivity index (χ0v) is 14.6. The molecule has 0 saturated carbocycles. The van der Waals surface area contributed by atoms with E-state index in [4.69, 9.17) is 5.73 Å². The molecule has 1 aromatic heterocycles. The third-order valence-electron chi connectivity index (χ3n) is 4.77. The van der Waals surface area contributed by atoms with E-state index in [-0.39, 0.29) is 22.4 Å². The molecule has 9 heteroatoms. The summed E-state index contributed by atoms with van der Waals surface area (Å²) in [7, 11) is 0. The number of benzene rings is 1. The van der Waals surface area contributed by atoms with Crippen LogP contribution in [0.2, 0.25) is 0 Å². The second-order valence-corrected chi connectivity index (χ2v) is 6.44. The van der Waals surface area contributed by atoms with E-state index < -0.39 is 28.3 Å². The van der Waals surface area contributed by atoms with Gasteiger partial charge in [-0.1, -0.05) is 6.07 Å². The van der Waals surface area contributed by atoms with E-state index in [1.807, 2.05) is 0 Å². The number of hydrogen-bond donors (Lipinski definition) is 3. The van der Waals surface area contributed by atoms with Crippen LogP contribution < -0.4 is 16.6 Å². The number of aromatic amines is 1. The first-order valence-corrected chi connectivity index (χ1v) is 8.40. The van der Waals surface area contributed by atoms with Gasteiger partial charge in [-0.2, -0.15) is 0 Å². The summed E-state index contributed by atoms with van der Waals surface area (Å²) >= 11 is 0. The van der Waals surface area contributed by atoms with Crippen LogP contribution in [0.15, 0.2) is 29.1 Å². The number of nitro benzene ring substituents is 1. The lowest BCUT2D eigenvalue weighted by Crippen LogP contribution is -2.34. The van der Waals surface area contributed by atoms with Crippen LogP contribution in [0.25, 0.3) is 0 Å². The number of aryl methyl sites for hydroxylation is 1. The van der Waals surface area contributed by atoms with Crippen LogP contribution in [0.1, 0.15) is 56.4 Å². The second kappa shape index (κ2) is 7.02. The summed E-state index contributed by atoms with van der Waals surface area (Å²) in [5.41, 5.74) is 6.15. The van der Waals surface area contributed by atoms with Crippen molar-refractivity contribution in [2.24, 2.45) is 5.73 Å². The van der Waals surface area contributed by atoms with Crippen LogP contribution in [0, 0.1) is 17.0 Å². The predicted molar refractivity (Wildman–Crippen MR) is 96.6 cm³/mol. The van der Waals surface area contributed by atoms with Crippen molar-refractivity contribution in [3.8, 4) is 0 Å². The number of primary amides is 1. The molecule has 2 aromatic rings. The molecule has 0 fully saturated rings. The first-order valence-electron chi connectivity index (χ1n) is 8.40. The van der Waals surface area contributed by atoms with Crippen LogP contribution in [0.5, 0.6) is 0 Å². The fourth-order valence-corrected chi connectivity index (χ4v) is 3.38. The normalized spacial score (nSPS) is 15.7. The molecule has 0 spiro atoms. The Morgan fingerprint density at radius 1 is 1.33 bits per heavy atom. The minimum Gasteiger partial charge on any atom is -0.365 e. The van der Waals surface area contributed by atoms with Gasteiger partial charge in [0.15, 0.2) is 0 Å². The fraction of sp³-hybridized carbons (Fsp3) is 0.278. The van der Waals surface area contributed by atoms with E-state index in [0.29, 0.717) is 24.1 Å². The molecular formula is C18H18N4O5.